The fraction of sp³-hybridized carbons (Fsp3) is 1.00. The molecule has 2 heteroatoms. The van der Waals surface area contributed by atoms with Crippen molar-refractivity contribution in [3.63, 3.8) is 0 Å². The molecule has 0 aliphatic heterocycles. The van der Waals surface area contributed by atoms with E-state index in [0.29, 0.717) is 0 Å². The molecule has 2 nitrogen and oxygen atoms in total. The minimum atomic E-state index is -0.303. The summed E-state index contributed by atoms with van der Waals surface area (Å²) in [4.78, 5) is 0. The van der Waals surface area contributed by atoms with Crippen molar-refractivity contribution in [2.24, 2.45) is 11.1 Å². The molecule has 0 radical (unpaired) electrons. The summed E-state index contributed by atoms with van der Waals surface area (Å²) in [5.74, 6) is 0. The van der Waals surface area contributed by atoms with Crippen LogP contribution in [0, 0.1) is 5.41 Å². The molecule has 1 aliphatic carbocycles. The first kappa shape index (κ1) is 12.0. The van der Waals surface area contributed by atoms with Crippen LogP contribution in [0.15, 0.2) is 0 Å². The van der Waals surface area contributed by atoms with Crippen molar-refractivity contribution in [3.05, 3.63) is 0 Å². The van der Waals surface area contributed by atoms with Crippen LogP contribution in [0.25, 0.3) is 0 Å². The minimum absolute atomic E-state index is 0.0252. The highest BCUT2D eigenvalue weighted by Crippen LogP contribution is 2.39. The lowest BCUT2D eigenvalue weighted by Gasteiger charge is -2.41. The van der Waals surface area contributed by atoms with E-state index < -0.39 is 0 Å². The highest BCUT2D eigenvalue weighted by Gasteiger charge is 2.36. The molecular weight excluding hydrogens is 174 g/mol. The van der Waals surface area contributed by atoms with E-state index in [4.69, 9.17) is 5.73 Å². The van der Waals surface area contributed by atoms with Gasteiger partial charge in [-0.3, -0.25) is 0 Å². The summed E-state index contributed by atoms with van der Waals surface area (Å²) < 4.78 is 0. The zero-order chi connectivity index (χ0) is 10.6. The van der Waals surface area contributed by atoms with Gasteiger partial charge in [-0.15, -0.1) is 0 Å². The van der Waals surface area contributed by atoms with Gasteiger partial charge in [-0.05, 0) is 24.7 Å². The van der Waals surface area contributed by atoms with Crippen molar-refractivity contribution in [1.82, 2.24) is 0 Å². The average Bonchev–Trinajstić information content (AvgIpc) is 2.18. The molecule has 0 heterocycles. The highest BCUT2D eigenvalue weighted by molar-refractivity contribution is 4.91. The van der Waals surface area contributed by atoms with Gasteiger partial charge in [0, 0.05) is 6.04 Å². The van der Waals surface area contributed by atoms with Crippen LogP contribution in [0.4, 0.5) is 0 Å². The monoisotopic (exact) mass is 199 g/mol. The van der Waals surface area contributed by atoms with Crippen LogP contribution in [0.3, 0.4) is 0 Å². The third-order valence-corrected chi connectivity index (χ3v) is 3.80. The lowest BCUT2D eigenvalue weighted by Crippen LogP contribution is -2.48. The standard InChI is InChI=1S/C12H25NO/c1-3-7-10(14)11(13)12(2)8-5-4-6-9-12/h10-11,14H,3-9,13H2,1-2H3. The second kappa shape index (κ2) is 5.13. The molecule has 1 rings (SSSR count). The number of aliphatic hydroxyl groups is 1. The Morgan fingerprint density at radius 1 is 1.29 bits per heavy atom. The number of aliphatic hydroxyl groups excluding tert-OH is 1. The van der Waals surface area contributed by atoms with Crippen LogP contribution in [0.1, 0.15) is 58.8 Å². The molecule has 2 unspecified atom stereocenters. The zero-order valence-electron chi connectivity index (χ0n) is 9.63. The molecule has 84 valence electrons. The van der Waals surface area contributed by atoms with Crippen LogP contribution in [-0.4, -0.2) is 17.3 Å². The van der Waals surface area contributed by atoms with Gasteiger partial charge in [-0.2, -0.15) is 0 Å². The van der Waals surface area contributed by atoms with Crippen molar-refractivity contribution < 1.29 is 5.11 Å². The molecule has 3 N–H and O–H groups in total. The Morgan fingerprint density at radius 2 is 1.86 bits per heavy atom. The zero-order valence-corrected chi connectivity index (χ0v) is 9.63. The molecule has 0 bridgehead atoms. The number of rotatable bonds is 4. The molecule has 14 heavy (non-hydrogen) atoms. The van der Waals surface area contributed by atoms with Gasteiger partial charge >= 0.3 is 0 Å². The normalized spacial score (nSPS) is 25.7. The first-order valence-corrected chi connectivity index (χ1v) is 6.04. The predicted molar refractivity (Wildman–Crippen MR) is 60.1 cm³/mol. The van der Waals surface area contributed by atoms with Crippen molar-refractivity contribution in [3.8, 4) is 0 Å². The van der Waals surface area contributed by atoms with Crippen LogP contribution in [-0.2, 0) is 0 Å². The summed E-state index contributed by atoms with van der Waals surface area (Å²) in [5.41, 5.74) is 6.35. The Labute approximate surface area is 87.9 Å². The third-order valence-electron chi connectivity index (χ3n) is 3.80. The Morgan fingerprint density at radius 3 is 2.36 bits per heavy atom. The van der Waals surface area contributed by atoms with E-state index in [1.807, 2.05) is 0 Å². The second-order valence-electron chi connectivity index (χ2n) is 5.10. The van der Waals surface area contributed by atoms with E-state index in [0.717, 1.165) is 12.8 Å². The van der Waals surface area contributed by atoms with Crippen LogP contribution in [0.5, 0.6) is 0 Å². The molecule has 2 atom stereocenters. The number of nitrogens with two attached hydrogens (primary N) is 1. The smallest absolute Gasteiger partial charge is 0.0696 e. The van der Waals surface area contributed by atoms with E-state index in [-0.39, 0.29) is 17.6 Å². The minimum Gasteiger partial charge on any atom is -0.391 e. The van der Waals surface area contributed by atoms with Crippen molar-refractivity contribution in [2.45, 2.75) is 70.9 Å². The van der Waals surface area contributed by atoms with E-state index in [1.165, 1.54) is 32.1 Å². The van der Waals surface area contributed by atoms with Crippen molar-refractivity contribution >= 4 is 0 Å². The van der Waals surface area contributed by atoms with Crippen LogP contribution < -0.4 is 5.73 Å². The first-order valence-electron chi connectivity index (χ1n) is 6.04. The molecule has 0 aromatic heterocycles. The summed E-state index contributed by atoms with van der Waals surface area (Å²) >= 11 is 0. The van der Waals surface area contributed by atoms with E-state index in [1.54, 1.807) is 0 Å². The molecule has 0 amide bonds. The summed E-state index contributed by atoms with van der Waals surface area (Å²) in [6, 6.07) is -0.0252. The third kappa shape index (κ3) is 2.71. The van der Waals surface area contributed by atoms with E-state index in [2.05, 4.69) is 13.8 Å². The quantitative estimate of drug-likeness (QED) is 0.730. The fourth-order valence-electron chi connectivity index (χ4n) is 2.63. The fourth-order valence-corrected chi connectivity index (χ4v) is 2.63. The van der Waals surface area contributed by atoms with Gasteiger partial charge in [0.2, 0.25) is 0 Å². The van der Waals surface area contributed by atoms with Crippen LogP contribution >= 0.6 is 0 Å². The molecule has 0 aromatic carbocycles. The van der Waals surface area contributed by atoms with Gasteiger partial charge in [-0.25, -0.2) is 0 Å². The maximum Gasteiger partial charge on any atom is 0.0696 e. The van der Waals surface area contributed by atoms with Gasteiger partial charge in [0.1, 0.15) is 0 Å². The van der Waals surface area contributed by atoms with Crippen LogP contribution in [0.2, 0.25) is 0 Å². The van der Waals surface area contributed by atoms with Gasteiger partial charge in [0.05, 0.1) is 6.10 Å². The van der Waals surface area contributed by atoms with Gasteiger partial charge in [0.15, 0.2) is 0 Å². The molecule has 1 saturated carbocycles. The molecule has 0 spiro atoms. The van der Waals surface area contributed by atoms with Crippen molar-refractivity contribution in [2.75, 3.05) is 0 Å². The largest absolute Gasteiger partial charge is 0.391 e. The Balaban J connectivity index is 2.51. The molecule has 0 saturated heterocycles. The molecular formula is C12H25NO. The Kier molecular flexibility index (Phi) is 4.39. The predicted octanol–water partition coefficient (Wildman–Crippen LogP) is 2.45. The van der Waals surface area contributed by atoms with Crippen molar-refractivity contribution in [1.29, 1.82) is 0 Å². The van der Waals surface area contributed by atoms with E-state index in [9.17, 15) is 5.11 Å². The molecule has 0 aromatic rings. The average molecular weight is 199 g/mol. The summed E-state index contributed by atoms with van der Waals surface area (Å²) in [5, 5.41) is 9.91. The lowest BCUT2D eigenvalue weighted by atomic mass is 9.69. The number of hydrogen-bond acceptors (Lipinski definition) is 2. The maximum atomic E-state index is 9.91. The molecule has 1 aliphatic rings. The number of hydrogen-bond donors (Lipinski definition) is 2. The van der Waals surface area contributed by atoms with E-state index >= 15 is 0 Å². The lowest BCUT2D eigenvalue weighted by molar-refractivity contribution is 0.0471. The van der Waals surface area contributed by atoms with Gasteiger partial charge in [-0.1, -0.05) is 39.5 Å². The maximum absolute atomic E-state index is 9.91. The highest BCUT2D eigenvalue weighted by atomic mass is 16.3. The first-order chi connectivity index (χ1) is 6.60. The Bertz CT molecular complexity index is 164. The van der Waals surface area contributed by atoms with Gasteiger partial charge in [0.25, 0.3) is 0 Å². The second-order valence-corrected chi connectivity index (χ2v) is 5.10. The summed E-state index contributed by atoms with van der Waals surface area (Å²) in [6.45, 7) is 4.34. The summed E-state index contributed by atoms with van der Waals surface area (Å²) in [6.07, 6.45) is 7.84. The molecule has 1 fully saturated rings. The Hall–Kier alpha value is -0.0800. The topological polar surface area (TPSA) is 46.2 Å². The van der Waals surface area contributed by atoms with Gasteiger partial charge < -0.3 is 10.8 Å². The summed E-state index contributed by atoms with van der Waals surface area (Å²) in [7, 11) is 0. The SMILES string of the molecule is CCCC(O)C(N)C1(C)CCCCC1.